The second-order valence-electron chi connectivity index (χ2n) is 3.74. The number of aromatic amines is 1. The Labute approximate surface area is 112 Å². The number of hydrogen-bond acceptors (Lipinski definition) is 2. The van der Waals surface area contributed by atoms with Crippen LogP contribution in [0.3, 0.4) is 0 Å². The number of anilines is 1. The fraction of sp³-hybridized carbons (Fsp3) is 0.200. The second-order valence-corrected chi connectivity index (χ2v) is 3.74. The molecule has 2 rings (SSSR count). The van der Waals surface area contributed by atoms with Gasteiger partial charge in [0.15, 0.2) is 0 Å². The van der Waals surface area contributed by atoms with E-state index < -0.39 is 0 Å². The molecule has 0 aliphatic rings. The van der Waals surface area contributed by atoms with E-state index >= 15 is 0 Å². The van der Waals surface area contributed by atoms with E-state index in [2.05, 4.69) is 10.3 Å². The first kappa shape index (κ1) is 14.7. The topological polar surface area (TPSA) is 62.0 Å². The number of amides is 1. The first-order chi connectivity index (χ1) is 9.16. The molecule has 0 saturated heterocycles. The van der Waals surface area contributed by atoms with E-state index in [0.29, 0.717) is 5.56 Å². The Balaban J connectivity index is 0.000000861. The minimum atomic E-state index is -0.290. The summed E-state index contributed by atoms with van der Waals surface area (Å²) in [6.45, 7) is 5.95. The maximum atomic E-state index is 11.8. The minimum Gasteiger partial charge on any atom is -0.366 e. The molecule has 2 N–H and O–H groups in total. The number of nitrogens with one attached hydrogen (secondary N) is 2. The lowest BCUT2D eigenvalue weighted by atomic mass is 10.1. The zero-order valence-corrected chi connectivity index (χ0v) is 11.4. The van der Waals surface area contributed by atoms with Crippen LogP contribution in [0.1, 0.15) is 29.8 Å². The Morgan fingerprint density at radius 2 is 1.74 bits per heavy atom. The lowest BCUT2D eigenvalue weighted by molar-refractivity contribution is 0.102. The third-order valence-corrected chi connectivity index (χ3v) is 2.39. The molecule has 100 valence electrons. The van der Waals surface area contributed by atoms with Gasteiger partial charge in [0, 0.05) is 24.0 Å². The number of pyridine rings is 1. The molecule has 0 aliphatic heterocycles. The van der Waals surface area contributed by atoms with Crippen LogP contribution >= 0.6 is 0 Å². The smallest absolute Gasteiger partial charge is 0.255 e. The Kier molecular flexibility index (Phi) is 5.54. The van der Waals surface area contributed by atoms with Gasteiger partial charge in [-0.1, -0.05) is 31.5 Å². The van der Waals surface area contributed by atoms with Crippen molar-refractivity contribution >= 4 is 11.6 Å². The monoisotopic (exact) mass is 258 g/mol. The zero-order valence-electron chi connectivity index (χ0n) is 11.4. The summed E-state index contributed by atoms with van der Waals surface area (Å²) in [5, 5.41) is 2.56. The Morgan fingerprint density at radius 3 is 2.32 bits per heavy atom. The van der Waals surface area contributed by atoms with E-state index in [4.69, 9.17) is 0 Å². The standard InChI is InChI=1S/C13H12N2O2.C2H6/c1-9-2-4-10(5-3-9)13(17)15-11-8-14-7-6-12(11)16;1-2/h2-8H,1H3,(H,14,16)(H,15,17);1-2H3. The molecule has 1 aromatic heterocycles. The van der Waals surface area contributed by atoms with Crippen molar-refractivity contribution in [3.63, 3.8) is 0 Å². The number of aryl methyl sites for hydroxylation is 1. The number of H-pyrrole nitrogens is 1. The molecule has 0 aliphatic carbocycles. The molecular formula is C15H18N2O2. The van der Waals surface area contributed by atoms with Crippen molar-refractivity contribution in [2.45, 2.75) is 20.8 Å². The lowest BCUT2D eigenvalue weighted by Crippen LogP contribution is -2.17. The predicted octanol–water partition coefficient (Wildman–Crippen LogP) is 2.96. The first-order valence-electron chi connectivity index (χ1n) is 6.22. The average Bonchev–Trinajstić information content (AvgIpc) is 2.44. The maximum absolute atomic E-state index is 11.8. The molecule has 0 radical (unpaired) electrons. The van der Waals surface area contributed by atoms with Gasteiger partial charge in [-0.3, -0.25) is 9.59 Å². The van der Waals surface area contributed by atoms with Gasteiger partial charge in [0.05, 0.1) is 0 Å². The summed E-state index contributed by atoms with van der Waals surface area (Å²) in [5.41, 5.74) is 1.64. The molecule has 0 spiro atoms. The van der Waals surface area contributed by atoms with E-state index in [1.54, 1.807) is 12.1 Å². The van der Waals surface area contributed by atoms with Crippen LogP contribution in [-0.4, -0.2) is 10.9 Å². The van der Waals surface area contributed by atoms with Gasteiger partial charge in [0.1, 0.15) is 5.69 Å². The van der Waals surface area contributed by atoms with Gasteiger partial charge >= 0.3 is 0 Å². The van der Waals surface area contributed by atoms with Crippen molar-refractivity contribution in [1.29, 1.82) is 0 Å². The summed E-state index contributed by atoms with van der Waals surface area (Å²) in [4.78, 5) is 26.0. The quantitative estimate of drug-likeness (QED) is 0.870. The van der Waals surface area contributed by atoms with Crippen LogP contribution in [-0.2, 0) is 0 Å². The van der Waals surface area contributed by atoms with Crippen LogP contribution in [0.2, 0.25) is 0 Å². The van der Waals surface area contributed by atoms with E-state index in [-0.39, 0.29) is 17.0 Å². The number of carbonyl (C=O) groups is 1. The number of rotatable bonds is 2. The third kappa shape index (κ3) is 4.10. The Morgan fingerprint density at radius 1 is 1.11 bits per heavy atom. The van der Waals surface area contributed by atoms with Gasteiger partial charge in [0.2, 0.25) is 5.43 Å². The summed E-state index contributed by atoms with van der Waals surface area (Å²) in [6, 6.07) is 8.52. The number of benzene rings is 1. The van der Waals surface area contributed by atoms with Crippen LogP contribution in [0.4, 0.5) is 5.69 Å². The largest absolute Gasteiger partial charge is 0.366 e. The summed E-state index contributed by atoms with van der Waals surface area (Å²) in [7, 11) is 0. The highest BCUT2D eigenvalue weighted by atomic mass is 16.2. The van der Waals surface area contributed by atoms with E-state index in [1.807, 2.05) is 32.9 Å². The van der Waals surface area contributed by atoms with Gasteiger partial charge in [-0.2, -0.15) is 0 Å². The summed E-state index contributed by atoms with van der Waals surface area (Å²) in [5.74, 6) is -0.290. The van der Waals surface area contributed by atoms with Gasteiger partial charge < -0.3 is 10.3 Å². The van der Waals surface area contributed by atoms with Crippen molar-refractivity contribution in [1.82, 2.24) is 4.98 Å². The Bertz CT molecular complexity index is 586. The normalized spacial score (nSPS) is 9.21. The van der Waals surface area contributed by atoms with Gasteiger partial charge in [-0.25, -0.2) is 0 Å². The van der Waals surface area contributed by atoms with Crippen LogP contribution in [0.5, 0.6) is 0 Å². The molecule has 1 heterocycles. The summed E-state index contributed by atoms with van der Waals surface area (Å²) >= 11 is 0. The second kappa shape index (κ2) is 7.16. The molecule has 0 bridgehead atoms. The van der Waals surface area contributed by atoms with Crippen molar-refractivity contribution < 1.29 is 4.79 Å². The molecule has 0 atom stereocenters. The van der Waals surface area contributed by atoms with Gasteiger partial charge in [-0.15, -0.1) is 0 Å². The van der Waals surface area contributed by atoms with Crippen LogP contribution in [0, 0.1) is 6.92 Å². The van der Waals surface area contributed by atoms with Crippen molar-refractivity contribution in [3.8, 4) is 0 Å². The van der Waals surface area contributed by atoms with Crippen LogP contribution < -0.4 is 10.7 Å². The van der Waals surface area contributed by atoms with E-state index in [0.717, 1.165) is 5.56 Å². The van der Waals surface area contributed by atoms with Crippen molar-refractivity contribution in [2.75, 3.05) is 5.32 Å². The molecule has 4 heteroatoms. The van der Waals surface area contributed by atoms with Crippen LogP contribution in [0.25, 0.3) is 0 Å². The fourth-order valence-electron chi connectivity index (χ4n) is 1.41. The molecule has 1 aromatic carbocycles. The van der Waals surface area contributed by atoms with E-state index in [9.17, 15) is 9.59 Å². The molecule has 0 saturated carbocycles. The molecule has 1 amide bonds. The third-order valence-electron chi connectivity index (χ3n) is 2.39. The van der Waals surface area contributed by atoms with Crippen molar-refractivity contribution in [2.24, 2.45) is 0 Å². The number of carbonyl (C=O) groups excluding carboxylic acids is 1. The highest BCUT2D eigenvalue weighted by molar-refractivity contribution is 6.04. The SMILES string of the molecule is CC.Cc1ccc(C(=O)Nc2c[nH]ccc2=O)cc1. The predicted molar refractivity (Wildman–Crippen MR) is 77.5 cm³/mol. The van der Waals surface area contributed by atoms with Gasteiger partial charge in [-0.05, 0) is 19.1 Å². The molecule has 19 heavy (non-hydrogen) atoms. The molecule has 4 nitrogen and oxygen atoms in total. The highest BCUT2D eigenvalue weighted by Gasteiger charge is 2.07. The maximum Gasteiger partial charge on any atom is 0.255 e. The lowest BCUT2D eigenvalue weighted by Gasteiger charge is -2.04. The first-order valence-corrected chi connectivity index (χ1v) is 6.22. The molecular weight excluding hydrogens is 240 g/mol. The molecule has 0 unspecified atom stereocenters. The molecule has 2 aromatic rings. The fourth-order valence-corrected chi connectivity index (χ4v) is 1.41. The molecule has 0 fully saturated rings. The van der Waals surface area contributed by atoms with Crippen LogP contribution in [0.15, 0.2) is 47.5 Å². The summed E-state index contributed by atoms with van der Waals surface area (Å²) < 4.78 is 0. The highest BCUT2D eigenvalue weighted by Crippen LogP contribution is 2.05. The van der Waals surface area contributed by atoms with E-state index in [1.165, 1.54) is 18.5 Å². The zero-order chi connectivity index (χ0) is 14.3. The summed E-state index contributed by atoms with van der Waals surface area (Å²) in [6.07, 6.45) is 2.98. The Hall–Kier alpha value is -2.36. The number of hydrogen-bond donors (Lipinski definition) is 2. The number of aromatic nitrogens is 1. The van der Waals surface area contributed by atoms with Gasteiger partial charge in [0.25, 0.3) is 5.91 Å². The average molecular weight is 258 g/mol. The van der Waals surface area contributed by atoms with Crippen molar-refractivity contribution in [3.05, 3.63) is 64.1 Å². The minimum absolute atomic E-state index is 0.218.